The van der Waals surface area contributed by atoms with Crippen molar-refractivity contribution in [2.75, 3.05) is 19.1 Å². The molecule has 0 saturated heterocycles. The van der Waals surface area contributed by atoms with Crippen LogP contribution >= 0.6 is 11.6 Å². The summed E-state index contributed by atoms with van der Waals surface area (Å²) in [6.07, 6.45) is 0.419. The predicted molar refractivity (Wildman–Crippen MR) is 123 cm³/mol. The maximum atomic E-state index is 10.2. The van der Waals surface area contributed by atoms with Gasteiger partial charge in [0.15, 0.2) is 0 Å². The Hall–Kier alpha value is -2.61. The molecule has 8 heteroatoms. The third-order valence-corrected chi connectivity index (χ3v) is 5.62. The number of hydrogen-bond acceptors (Lipinski definition) is 6. The molecular formula is C24H30ClN3O4. The number of alkyl halides is 1. The highest BCUT2D eigenvalue weighted by Gasteiger charge is 2.23. The Kier molecular flexibility index (Phi) is 8.12. The molecule has 0 aliphatic heterocycles. The van der Waals surface area contributed by atoms with Crippen LogP contribution in [0.4, 0.5) is 0 Å². The molecule has 3 aromatic rings. The fourth-order valence-electron chi connectivity index (χ4n) is 3.28. The number of hydrogen-bond donors (Lipinski definition) is 2. The lowest BCUT2D eigenvalue weighted by atomic mass is 9.78. The zero-order valence-electron chi connectivity index (χ0n) is 18.6. The van der Waals surface area contributed by atoms with Gasteiger partial charge >= 0.3 is 0 Å². The van der Waals surface area contributed by atoms with E-state index >= 15 is 0 Å². The molecule has 3 rings (SSSR count). The first-order chi connectivity index (χ1) is 15.3. The summed E-state index contributed by atoms with van der Waals surface area (Å²) in [5, 5.41) is 27.5. The summed E-state index contributed by atoms with van der Waals surface area (Å²) < 4.78 is 12.9. The molecule has 0 unspecified atom stereocenters. The van der Waals surface area contributed by atoms with E-state index in [1.54, 1.807) is 10.9 Å². The van der Waals surface area contributed by atoms with Gasteiger partial charge in [0.05, 0.1) is 18.1 Å². The minimum absolute atomic E-state index is 0.144. The van der Waals surface area contributed by atoms with Gasteiger partial charge in [0.25, 0.3) is 0 Å². The standard InChI is InChI=1S/C24H30ClN3O4/c1-17-13-28(27-26-17)14-21(30)16-32-23-10-6-19(7-11-23)24(2,3)18-4-8-22(9-5-18)31-15-20(29)12-25/h4-11,13,20-21,29-30H,12,14-16H2,1-3H3/t20-,21-/m1/s1. The number of ether oxygens (including phenoxy) is 2. The van der Waals surface area contributed by atoms with Crippen LogP contribution in [0.2, 0.25) is 0 Å². The minimum Gasteiger partial charge on any atom is -0.491 e. The van der Waals surface area contributed by atoms with Crippen molar-refractivity contribution in [1.82, 2.24) is 15.0 Å². The number of benzene rings is 2. The maximum Gasteiger partial charge on any atom is 0.119 e. The summed E-state index contributed by atoms with van der Waals surface area (Å²) in [6.45, 7) is 6.82. The minimum atomic E-state index is -0.682. The fourth-order valence-corrected chi connectivity index (χ4v) is 3.37. The molecule has 2 atom stereocenters. The van der Waals surface area contributed by atoms with Crippen LogP contribution in [-0.2, 0) is 12.0 Å². The van der Waals surface area contributed by atoms with Crippen molar-refractivity contribution in [3.63, 3.8) is 0 Å². The average molecular weight is 460 g/mol. The van der Waals surface area contributed by atoms with Gasteiger partial charge in [-0.2, -0.15) is 0 Å². The summed E-state index contributed by atoms with van der Waals surface area (Å²) >= 11 is 5.59. The molecule has 0 radical (unpaired) electrons. The van der Waals surface area contributed by atoms with Crippen LogP contribution in [0, 0.1) is 6.92 Å². The lowest BCUT2D eigenvalue weighted by Crippen LogP contribution is -2.24. The molecule has 2 N–H and O–H groups in total. The van der Waals surface area contributed by atoms with Gasteiger partial charge in [0.1, 0.15) is 36.9 Å². The number of aliphatic hydroxyl groups is 2. The van der Waals surface area contributed by atoms with E-state index in [1.807, 2.05) is 55.5 Å². The van der Waals surface area contributed by atoms with Crippen LogP contribution < -0.4 is 9.47 Å². The summed E-state index contributed by atoms with van der Waals surface area (Å²) in [7, 11) is 0. The van der Waals surface area contributed by atoms with Crippen molar-refractivity contribution >= 4 is 11.6 Å². The Morgan fingerprint density at radius 3 is 1.84 bits per heavy atom. The number of aryl methyl sites for hydroxylation is 1. The van der Waals surface area contributed by atoms with Crippen molar-refractivity contribution in [1.29, 1.82) is 0 Å². The first kappa shape index (κ1) is 24.0. The highest BCUT2D eigenvalue weighted by atomic mass is 35.5. The van der Waals surface area contributed by atoms with E-state index in [9.17, 15) is 10.2 Å². The predicted octanol–water partition coefficient (Wildman–Crippen LogP) is 3.33. The number of aromatic nitrogens is 3. The third kappa shape index (κ3) is 6.45. The highest BCUT2D eigenvalue weighted by Crippen LogP contribution is 2.33. The summed E-state index contributed by atoms with van der Waals surface area (Å²) in [6, 6.07) is 15.7. The first-order valence-corrected chi connectivity index (χ1v) is 11.1. The molecule has 0 aliphatic carbocycles. The maximum absolute atomic E-state index is 10.2. The molecule has 0 spiro atoms. The zero-order valence-corrected chi connectivity index (χ0v) is 19.4. The molecule has 0 aliphatic rings. The number of rotatable bonds is 11. The smallest absolute Gasteiger partial charge is 0.119 e. The van der Waals surface area contributed by atoms with Gasteiger partial charge in [0, 0.05) is 11.6 Å². The van der Waals surface area contributed by atoms with E-state index in [4.69, 9.17) is 21.1 Å². The van der Waals surface area contributed by atoms with Crippen molar-refractivity contribution in [2.24, 2.45) is 0 Å². The zero-order chi connectivity index (χ0) is 23.1. The normalized spacial score (nSPS) is 13.6. The van der Waals surface area contributed by atoms with Gasteiger partial charge in [-0.15, -0.1) is 16.7 Å². The number of aliphatic hydroxyl groups excluding tert-OH is 2. The molecule has 0 saturated carbocycles. The second kappa shape index (κ2) is 10.8. The topological polar surface area (TPSA) is 89.6 Å². The molecule has 7 nitrogen and oxygen atoms in total. The van der Waals surface area contributed by atoms with Crippen LogP contribution in [0.5, 0.6) is 11.5 Å². The van der Waals surface area contributed by atoms with Gasteiger partial charge in [-0.05, 0) is 42.3 Å². The van der Waals surface area contributed by atoms with E-state index in [2.05, 4.69) is 24.2 Å². The Labute approximate surface area is 193 Å². The molecule has 0 fully saturated rings. The Bertz CT molecular complexity index is 974. The van der Waals surface area contributed by atoms with Crippen LogP contribution in [0.1, 0.15) is 30.7 Å². The summed E-state index contributed by atoms with van der Waals surface area (Å²) in [5.74, 6) is 1.53. The molecule has 172 valence electrons. The lowest BCUT2D eigenvalue weighted by Gasteiger charge is -2.26. The quantitative estimate of drug-likeness (QED) is 0.427. The van der Waals surface area contributed by atoms with Crippen molar-refractivity contribution in [3.8, 4) is 11.5 Å². The van der Waals surface area contributed by atoms with Gasteiger partial charge in [-0.25, -0.2) is 4.68 Å². The molecule has 0 bridgehead atoms. The second-order valence-electron chi connectivity index (χ2n) is 8.34. The Morgan fingerprint density at radius 2 is 1.41 bits per heavy atom. The van der Waals surface area contributed by atoms with Crippen LogP contribution in [0.3, 0.4) is 0 Å². The lowest BCUT2D eigenvalue weighted by molar-refractivity contribution is 0.0888. The van der Waals surface area contributed by atoms with Crippen LogP contribution in [0.15, 0.2) is 54.7 Å². The monoisotopic (exact) mass is 459 g/mol. The van der Waals surface area contributed by atoms with Crippen molar-refractivity contribution < 1.29 is 19.7 Å². The fraction of sp³-hybridized carbons (Fsp3) is 0.417. The van der Waals surface area contributed by atoms with Gasteiger partial charge < -0.3 is 19.7 Å². The summed E-state index contributed by atoms with van der Waals surface area (Å²) in [4.78, 5) is 0. The van der Waals surface area contributed by atoms with Crippen LogP contribution in [0.25, 0.3) is 0 Å². The molecule has 0 amide bonds. The van der Waals surface area contributed by atoms with E-state index in [0.717, 1.165) is 16.8 Å². The SMILES string of the molecule is Cc1cn(C[C@@H](O)COc2ccc(C(C)(C)c3ccc(OC[C@H](O)CCl)cc3)cc2)nn1. The van der Waals surface area contributed by atoms with Gasteiger partial charge in [-0.1, -0.05) is 43.3 Å². The third-order valence-electron chi connectivity index (χ3n) is 5.27. The first-order valence-electron chi connectivity index (χ1n) is 10.5. The highest BCUT2D eigenvalue weighted by molar-refractivity contribution is 6.18. The Balaban J connectivity index is 1.56. The van der Waals surface area contributed by atoms with E-state index in [-0.39, 0.29) is 24.5 Å². The second-order valence-corrected chi connectivity index (χ2v) is 8.65. The van der Waals surface area contributed by atoms with E-state index < -0.39 is 12.2 Å². The van der Waals surface area contributed by atoms with Gasteiger partial charge in [-0.3, -0.25) is 0 Å². The van der Waals surface area contributed by atoms with Gasteiger partial charge in [0.2, 0.25) is 0 Å². The van der Waals surface area contributed by atoms with E-state index in [0.29, 0.717) is 18.0 Å². The molecule has 2 aromatic carbocycles. The average Bonchev–Trinajstić information content (AvgIpc) is 3.20. The molecule has 1 aromatic heterocycles. The van der Waals surface area contributed by atoms with E-state index in [1.165, 1.54) is 0 Å². The number of nitrogens with zero attached hydrogens (tertiary/aromatic N) is 3. The van der Waals surface area contributed by atoms with Crippen molar-refractivity contribution in [3.05, 3.63) is 71.5 Å². The Morgan fingerprint density at radius 1 is 0.906 bits per heavy atom. The number of halogens is 1. The molecule has 1 heterocycles. The van der Waals surface area contributed by atoms with Crippen LogP contribution in [-0.4, -0.2) is 56.5 Å². The summed E-state index contributed by atoms with van der Waals surface area (Å²) in [5.41, 5.74) is 2.85. The molecule has 32 heavy (non-hydrogen) atoms. The molecular weight excluding hydrogens is 430 g/mol. The largest absolute Gasteiger partial charge is 0.491 e. The van der Waals surface area contributed by atoms with Crippen molar-refractivity contribution in [2.45, 2.75) is 44.9 Å².